The summed E-state index contributed by atoms with van der Waals surface area (Å²) in [7, 11) is 0. The number of aliphatic carboxylic acids is 1. The average Bonchev–Trinajstić information content (AvgIpc) is 2.66. The molecule has 0 bridgehead atoms. The SMILES string of the molecule is Cc1c(C(O)C(=O)O)ccc2occc12. The van der Waals surface area contributed by atoms with Gasteiger partial charge in [-0.3, -0.25) is 0 Å². The normalized spacial score (nSPS) is 12.9. The molecule has 1 atom stereocenters. The molecule has 0 saturated carbocycles. The van der Waals surface area contributed by atoms with Crippen molar-refractivity contribution in [3.05, 3.63) is 35.6 Å². The predicted octanol–water partition coefficient (Wildman–Crippen LogP) is 1.86. The van der Waals surface area contributed by atoms with E-state index in [4.69, 9.17) is 9.52 Å². The number of carboxylic acids is 1. The van der Waals surface area contributed by atoms with Crippen molar-refractivity contribution >= 4 is 16.9 Å². The minimum Gasteiger partial charge on any atom is -0.479 e. The number of aliphatic hydroxyl groups is 1. The Morgan fingerprint density at radius 2 is 2.13 bits per heavy atom. The summed E-state index contributed by atoms with van der Waals surface area (Å²) in [5.41, 5.74) is 1.82. The third kappa shape index (κ3) is 1.49. The van der Waals surface area contributed by atoms with Crippen molar-refractivity contribution < 1.29 is 19.4 Å². The highest BCUT2D eigenvalue weighted by molar-refractivity contribution is 5.84. The maximum atomic E-state index is 10.7. The molecule has 1 aromatic carbocycles. The van der Waals surface area contributed by atoms with E-state index < -0.39 is 12.1 Å². The molecule has 1 aromatic heterocycles. The summed E-state index contributed by atoms with van der Waals surface area (Å²) in [6.45, 7) is 1.76. The van der Waals surface area contributed by atoms with Crippen LogP contribution in [0.15, 0.2) is 28.9 Å². The Bertz CT molecular complexity index is 512. The molecular weight excluding hydrogens is 196 g/mol. The van der Waals surface area contributed by atoms with Crippen LogP contribution in [0.1, 0.15) is 17.2 Å². The van der Waals surface area contributed by atoms with Gasteiger partial charge in [0, 0.05) is 5.39 Å². The summed E-state index contributed by atoms with van der Waals surface area (Å²) >= 11 is 0. The lowest BCUT2D eigenvalue weighted by molar-refractivity contribution is -0.147. The number of aryl methyl sites for hydroxylation is 1. The van der Waals surface area contributed by atoms with Gasteiger partial charge < -0.3 is 14.6 Å². The van der Waals surface area contributed by atoms with E-state index in [0.717, 1.165) is 10.9 Å². The highest BCUT2D eigenvalue weighted by atomic mass is 16.4. The fourth-order valence-electron chi connectivity index (χ4n) is 1.64. The minimum atomic E-state index is -1.48. The predicted molar refractivity (Wildman–Crippen MR) is 53.5 cm³/mol. The van der Waals surface area contributed by atoms with Crippen molar-refractivity contribution in [2.75, 3.05) is 0 Å². The molecule has 0 aliphatic carbocycles. The van der Waals surface area contributed by atoms with Crippen molar-refractivity contribution in [3.63, 3.8) is 0 Å². The van der Waals surface area contributed by atoms with Crippen LogP contribution in [0.5, 0.6) is 0 Å². The van der Waals surface area contributed by atoms with Gasteiger partial charge in [0.25, 0.3) is 0 Å². The first-order valence-corrected chi connectivity index (χ1v) is 4.49. The van der Waals surface area contributed by atoms with Crippen LogP contribution in [0.3, 0.4) is 0 Å². The molecule has 15 heavy (non-hydrogen) atoms. The molecule has 4 heteroatoms. The largest absolute Gasteiger partial charge is 0.479 e. The molecule has 2 N–H and O–H groups in total. The Morgan fingerprint density at radius 1 is 1.40 bits per heavy atom. The lowest BCUT2D eigenvalue weighted by Gasteiger charge is -2.09. The molecule has 0 spiro atoms. The molecule has 0 aliphatic heterocycles. The van der Waals surface area contributed by atoms with E-state index in [1.165, 1.54) is 6.26 Å². The van der Waals surface area contributed by atoms with Crippen molar-refractivity contribution in [3.8, 4) is 0 Å². The maximum Gasteiger partial charge on any atom is 0.337 e. The summed E-state index contributed by atoms with van der Waals surface area (Å²) in [5, 5.41) is 19.0. The zero-order valence-electron chi connectivity index (χ0n) is 8.10. The van der Waals surface area contributed by atoms with Crippen LogP contribution in [0.2, 0.25) is 0 Å². The second kappa shape index (κ2) is 3.40. The van der Waals surface area contributed by atoms with Crippen molar-refractivity contribution in [1.29, 1.82) is 0 Å². The Labute approximate surface area is 85.8 Å². The number of benzene rings is 1. The summed E-state index contributed by atoms with van der Waals surface area (Å²) < 4.78 is 5.16. The Balaban J connectivity index is 2.62. The van der Waals surface area contributed by atoms with Gasteiger partial charge in [-0.05, 0) is 30.2 Å². The van der Waals surface area contributed by atoms with Crippen LogP contribution < -0.4 is 0 Å². The Hall–Kier alpha value is -1.81. The number of hydrogen-bond acceptors (Lipinski definition) is 3. The van der Waals surface area contributed by atoms with Crippen LogP contribution in [0, 0.1) is 6.92 Å². The molecule has 2 rings (SSSR count). The summed E-state index contributed by atoms with van der Waals surface area (Å²) in [6.07, 6.45) is 0.0542. The lowest BCUT2D eigenvalue weighted by atomic mass is 10.0. The molecule has 2 aromatic rings. The lowest BCUT2D eigenvalue weighted by Crippen LogP contribution is -2.11. The van der Waals surface area contributed by atoms with Gasteiger partial charge in [0.2, 0.25) is 0 Å². The molecule has 0 aliphatic rings. The fraction of sp³-hybridized carbons (Fsp3) is 0.182. The standard InChI is InChI=1S/C11H10O4/c1-6-7-4-5-15-9(7)3-2-8(6)10(12)11(13)14/h2-5,10,12H,1H3,(H,13,14). The molecule has 78 valence electrons. The molecule has 1 unspecified atom stereocenters. The van der Waals surface area contributed by atoms with Gasteiger partial charge in [0.1, 0.15) is 5.58 Å². The fourth-order valence-corrected chi connectivity index (χ4v) is 1.64. The van der Waals surface area contributed by atoms with Gasteiger partial charge in [-0.2, -0.15) is 0 Å². The van der Waals surface area contributed by atoms with Crippen LogP contribution in [0.25, 0.3) is 11.0 Å². The first-order chi connectivity index (χ1) is 7.11. The van der Waals surface area contributed by atoms with Gasteiger partial charge in [0.15, 0.2) is 6.10 Å². The van der Waals surface area contributed by atoms with E-state index in [0.29, 0.717) is 11.1 Å². The van der Waals surface area contributed by atoms with Crippen LogP contribution in [-0.4, -0.2) is 16.2 Å². The van der Waals surface area contributed by atoms with E-state index in [-0.39, 0.29) is 0 Å². The van der Waals surface area contributed by atoms with Crippen LogP contribution in [0.4, 0.5) is 0 Å². The number of hydrogen-bond donors (Lipinski definition) is 2. The highest BCUT2D eigenvalue weighted by Gasteiger charge is 2.19. The summed E-state index contributed by atoms with van der Waals surface area (Å²) in [5.74, 6) is -1.25. The number of carboxylic acid groups (broad SMARTS) is 1. The van der Waals surface area contributed by atoms with Crippen LogP contribution >= 0.6 is 0 Å². The zero-order chi connectivity index (χ0) is 11.0. The quantitative estimate of drug-likeness (QED) is 0.786. The first-order valence-electron chi connectivity index (χ1n) is 4.49. The third-order valence-electron chi connectivity index (χ3n) is 2.47. The minimum absolute atomic E-state index is 0.399. The third-order valence-corrected chi connectivity index (χ3v) is 2.47. The molecule has 0 saturated heterocycles. The molecular formula is C11H10O4. The number of fused-ring (bicyclic) bond motifs is 1. The molecule has 1 heterocycles. The van der Waals surface area contributed by atoms with E-state index in [1.807, 2.05) is 0 Å². The van der Waals surface area contributed by atoms with Gasteiger partial charge in [-0.15, -0.1) is 0 Å². The average molecular weight is 206 g/mol. The van der Waals surface area contributed by atoms with Crippen molar-refractivity contribution in [2.45, 2.75) is 13.0 Å². The van der Waals surface area contributed by atoms with Gasteiger partial charge in [-0.1, -0.05) is 6.07 Å². The topological polar surface area (TPSA) is 70.7 Å². The van der Waals surface area contributed by atoms with E-state index in [2.05, 4.69) is 0 Å². The summed E-state index contributed by atoms with van der Waals surface area (Å²) in [6, 6.07) is 4.98. The Kier molecular flexibility index (Phi) is 2.21. The highest BCUT2D eigenvalue weighted by Crippen LogP contribution is 2.26. The maximum absolute atomic E-state index is 10.7. The second-order valence-corrected chi connectivity index (χ2v) is 3.35. The molecule has 0 amide bonds. The number of furan rings is 1. The zero-order valence-corrected chi connectivity index (χ0v) is 8.10. The number of rotatable bonds is 2. The molecule has 4 nitrogen and oxygen atoms in total. The molecule has 0 fully saturated rings. The Morgan fingerprint density at radius 3 is 2.80 bits per heavy atom. The second-order valence-electron chi connectivity index (χ2n) is 3.35. The summed E-state index contributed by atoms with van der Waals surface area (Å²) in [4.78, 5) is 10.7. The van der Waals surface area contributed by atoms with E-state index in [1.54, 1.807) is 25.1 Å². The van der Waals surface area contributed by atoms with Gasteiger partial charge >= 0.3 is 5.97 Å². The van der Waals surface area contributed by atoms with Crippen molar-refractivity contribution in [1.82, 2.24) is 0 Å². The smallest absolute Gasteiger partial charge is 0.337 e. The monoisotopic (exact) mass is 206 g/mol. The van der Waals surface area contributed by atoms with Crippen LogP contribution in [-0.2, 0) is 4.79 Å². The van der Waals surface area contributed by atoms with E-state index in [9.17, 15) is 9.90 Å². The molecule has 0 radical (unpaired) electrons. The number of carbonyl (C=O) groups is 1. The first kappa shape index (κ1) is 9.73. The number of aliphatic hydroxyl groups excluding tert-OH is 1. The van der Waals surface area contributed by atoms with Gasteiger partial charge in [-0.25, -0.2) is 4.79 Å². The van der Waals surface area contributed by atoms with Crippen molar-refractivity contribution in [2.24, 2.45) is 0 Å². The van der Waals surface area contributed by atoms with E-state index >= 15 is 0 Å². The van der Waals surface area contributed by atoms with Gasteiger partial charge in [0.05, 0.1) is 6.26 Å².